The monoisotopic (exact) mass is 413 g/mol. The number of hydrogen-bond donors (Lipinski definition) is 0. The first-order valence-corrected chi connectivity index (χ1v) is 10.3. The first-order valence-electron chi connectivity index (χ1n) is 9.12. The van der Waals surface area contributed by atoms with E-state index in [4.69, 9.17) is 16.6 Å². The molecule has 2 saturated heterocycles. The lowest BCUT2D eigenvalue weighted by Gasteiger charge is -2.36. The number of piperidine rings is 1. The number of likely N-dealkylation sites (tertiary alicyclic amines) is 1. The molecule has 1 atom stereocenters. The number of hydrogen-bond acceptors (Lipinski definition) is 6. The molecule has 144 valence electrons. The third-order valence-electron chi connectivity index (χ3n) is 4.88. The molecular formula is C20H19N3O3S2. The van der Waals surface area contributed by atoms with Crippen LogP contribution in [0.2, 0.25) is 0 Å². The fourth-order valence-corrected chi connectivity index (χ4v) is 4.75. The van der Waals surface area contributed by atoms with Crippen molar-refractivity contribution < 1.29 is 14.0 Å². The van der Waals surface area contributed by atoms with Crippen LogP contribution >= 0.6 is 24.0 Å². The predicted molar refractivity (Wildman–Crippen MR) is 111 cm³/mol. The summed E-state index contributed by atoms with van der Waals surface area (Å²) in [4.78, 5) is 33.7. The third-order valence-corrected chi connectivity index (χ3v) is 6.25. The predicted octanol–water partition coefficient (Wildman–Crippen LogP) is 3.63. The Bertz CT molecular complexity index is 912. The minimum Gasteiger partial charge on any atom is -0.465 e. The van der Waals surface area contributed by atoms with Crippen LogP contribution in [0.4, 0.5) is 0 Å². The van der Waals surface area contributed by atoms with Crippen molar-refractivity contribution in [3.63, 3.8) is 0 Å². The molecule has 2 aromatic heterocycles. The van der Waals surface area contributed by atoms with E-state index in [0.29, 0.717) is 21.5 Å². The summed E-state index contributed by atoms with van der Waals surface area (Å²) < 4.78 is 5.66. The van der Waals surface area contributed by atoms with E-state index < -0.39 is 0 Å². The first-order chi connectivity index (χ1) is 13.6. The van der Waals surface area contributed by atoms with Crippen molar-refractivity contribution in [2.75, 3.05) is 13.1 Å². The van der Waals surface area contributed by atoms with Crippen LogP contribution in [0.1, 0.15) is 36.6 Å². The van der Waals surface area contributed by atoms with Gasteiger partial charge in [-0.2, -0.15) is 0 Å². The Kier molecular flexibility index (Phi) is 5.59. The van der Waals surface area contributed by atoms with Gasteiger partial charge in [-0.15, -0.1) is 0 Å². The van der Waals surface area contributed by atoms with E-state index in [1.807, 2.05) is 23.2 Å². The van der Waals surface area contributed by atoms with E-state index in [2.05, 4.69) is 4.98 Å². The van der Waals surface area contributed by atoms with Crippen molar-refractivity contribution in [2.45, 2.75) is 25.3 Å². The van der Waals surface area contributed by atoms with Crippen molar-refractivity contribution in [1.29, 1.82) is 0 Å². The molecule has 2 aliphatic heterocycles. The molecule has 28 heavy (non-hydrogen) atoms. The average molecular weight is 414 g/mol. The Hall–Kier alpha value is -2.45. The smallest absolute Gasteiger partial charge is 0.266 e. The number of rotatable bonds is 4. The zero-order chi connectivity index (χ0) is 19.5. The molecule has 2 amide bonds. The molecule has 2 aliphatic rings. The lowest BCUT2D eigenvalue weighted by Crippen LogP contribution is -2.45. The van der Waals surface area contributed by atoms with Gasteiger partial charge in [0.15, 0.2) is 0 Å². The fourth-order valence-electron chi connectivity index (χ4n) is 3.51. The van der Waals surface area contributed by atoms with E-state index >= 15 is 0 Å². The van der Waals surface area contributed by atoms with Gasteiger partial charge in [0.1, 0.15) is 16.6 Å². The second-order valence-electron chi connectivity index (χ2n) is 6.67. The van der Waals surface area contributed by atoms with Crippen LogP contribution in [-0.2, 0) is 9.59 Å². The van der Waals surface area contributed by atoms with Crippen LogP contribution in [-0.4, -0.2) is 44.0 Å². The van der Waals surface area contributed by atoms with Crippen LogP contribution in [0.5, 0.6) is 0 Å². The number of carbonyl (C=O) groups is 2. The van der Waals surface area contributed by atoms with Crippen LogP contribution in [0, 0.1) is 0 Å². The molecule has 0 radical (unpaired) electrons. The number of aromatic nitrogens is 1. The van der Waals surface area contributed by atoms with Gasteiger partial charge in [0, 0.05) is 25.0 Å². The van der Waals surface area contributed by atoms with Gasteiger partial charge in [-0.05, 0) is 43.0 Å². The van der Waals surface area contributed by atoms with Gasteiger partial charge in [0.05, 0.1) is 17.2 Å². The van der Waals surface area contributed by atoms with Crippen molar-refractivity contribution in [3.05, 3.63) is 59.2 Å². The number of amides is 2. The molecule has 0 unspecified atom stereocenters. The summed E-state index contributed by atoms with van der Waals surface area (Å²) in [6.07, 6.45) is 9.66. The maximum Gasteiger partial charge on any atom is 0.266 e. The van der Waals surface area contributed by atoms with Crippen LogP contribution < -0.4 is 0 Å². The largest absolute Gasteiger partial charge is 0.465 e. The quantitative estimate of drug-likeness (QED) is 0.563. The number of nitrogens with zero attached hydrogens (tertiary/aromatic N) is 3. The SMILES string of the molecule is O=C1/C(=C/c2ccco2)SC(=S)N1CC(=O)N1CCCC[C@H]1c1cccnc1. The summed E-state index contributed by atoms with van der Waals surface area (Å²) in [6, 6.07) is 7.39. The zero-order valence-electron chi connectivity index (χ0n) is 15.1. The van der Waals surface area contributed by atoms with Crippen molar-refractivity contribution in [1.82, 2.24) is 14.8 Å². The number of pyridine rings is 1. The standard InChI is InChI=1S/C20H19N3O3S2/c24-18(22-9-2-1-7-16(22)14-5-3-8-21-12-14)13-23-19(25)17(28-20(23)27)11-15-6-4-10-26-15/h3-6,8,10-12,16H,1-2,7,9,13H2/b17-11-/t16-/m0/s1. The van der Waals surface area contributed by atoms with E-state index in [0.717, 1.165) is 24.8 Å². The normalized spacial score (nSPS) is 21.6. The van der Waals surface area contributed by atoms with E-state index in [1.165, 1.54) is 16.7 Å². The summed E-state index contributed by atoms with van der Waals surface area (Å²) in [6.45, 7) is 0.631. The molecule has 0 aromatic carbocycles. The molecule has 0 saturated carbocycles. The highest BCUT2D eigenvalue weighted by Gasteiger charge is 2.36. The molecule has 2 fully saturated rings. The van der Waals surface area contributed by atoms with Crippen molar-refractivity contribution in [3.8, 4) is 0 Å². The summed E-state index contributed by atoms with van der Waals surface area (Å²) in [5.41, 5.74) is 1.03. The Labute approximate surface area is 172 Å². The molecule has 0 bridgehead atoms. The summed E-state index contributed by atoms with van der Waals surface area (Å²) in [5.74, 6) is 0.235. The van der Waals surface area contributed by atoms with E-state index in [9.17, 15) is 9.59 Å². The lowest BCUT2D eigenvalue weighted by molar-refractivity contribution is -0.138. The molecule has 2 aromatic rings. The maximum atomic E-state index is 13.1. The van der Waals surface area contributed by atoms with Gasteiger partial charge in [-0.3, -0.25) is 19.5 Å². The van der Waals surface area contributed by atoms with Gasteiger partial charge >= 0.3 is 0 Å². The highest BCUT2D eigenvalue weighted by atomic mass is 32.2. The zero-order valence-corrected chi connectivity index (χ0v) is 16.7. The average Bonchev–Trinajstić information content (AvgIpc) is 3.33. The minimum absolute atomic E-state index is 0.00740. The molecule has 8 heteroatoms. The van der Waals surface area contributed by atoms with Gasteiger partial charge < -0.3 is 9.32 Å². The maximum absolute atomic E-state index is 13.1. The highest BCUT2D eigenvalue weighted by molar-refractivity contribution is 8.26. The second kappa shape index (κ2) is 8.28. The minimum atomic E-state index is -0.255. The van der Waals surface area contributed by atoms with E-state index in [1.54, 1.807) is 30.7 Å². The molecule has 0 N–H and O–H groups in total. The molecule has 6 nitrogen and oxygen atoms in total. The molecule has 0 spiro atoms. The van der Waals surface area contributed by atoms with Crippen LogP contribution in [0.3, 0.4) is 0 Å². The topological polar surface area (TPSA) is 66.7 Å². The number of carbonyl (C=O) groups excluding carboxylic acids is 2. The van der Waals surface area contributed by atoms with Crippen LogP contribution in [0.15, 0.2) is 52.2 Å². The second-order valence-corrected chi connectivity index (χ2v) is 8.34. The molecule has 4 rings (SSSR count). The Morgan fingerprint density at radius 2 is 2.25 bits per heavy atom. The first kappa shape index (κ1) is 18.9. The van der Waals surface area contributed by atoms with E-state index in [-0.39, 0.29) is 24.4 Å². The molecule has 4 heterocycles. The van der Waals surface area contributed by atoms with Gasteiger partial charge in [0.25, 0.3) is 5.91 Å². The molecular weight excluding hydrogens is 394 g/mol. The number of thioether (sulfide) groups is 1. The Morgan fingerprint density at radius 1 is 1.36 bits per heavy atom. The summed E-state index contributed by atoms with van der Waals surface area (Å²) in [5, 5.41) is 0. The summed E-state index contributed by atoms with van der Waals surface area (Å²) in [7, 11) is 0. The lowest BCUT2D eigenvalue weighted by atomic mass is 9.96. The Morgan fingerprint density at radius 3 is 3.00 bits per heavy atom. The fraction of sp³-hybridized carbons (Fsp3) is 0.300. The Balaban J connectivity index is 1.49. The molecule has 0 aliphatic carbocycles. The van der Waals surface area contributed by atoms with Gasteiger partial charge in [-0.25, -0.2) is 0 Å². The van der Waals surface area contributed by atoms with Gasteiger partial charge in [-0.1, -0.05) is 30.0 Å². The van der Waals surface area contributed by atoms with Crippen molar-refractivity contribution >= 4 is 46.2 Å². The van der Waals surface area contributed by atoms with Gasteiger partial charge in [0.2, 0.25) is 5.91 Å². The van der Waals surface area contributed by atoms with Crippen LogP contribution in [0.25, 0.3) is 6.08 Å². The van der Waals surface area contributed by atoms with Crippen molar-refractivity contribution in [2.24, 2.45) is 0 Å². The summed E-state index contributed by atoms with van der Waals surface area (Å²) >= 11 is 6.54. The number of thiocarbonyl (C=S) groups is 1. The highest BCUT2D eigenvalue weighted by Crippen LogP contribution is 2.34. The third kappa shape index (κ3) is 3.88. The number of furan rings is 1.